The fourth-order valence-corrected chi connectivity index (χ4v) is 2.73. The Balaban J connectivity index is 1.57. The molecule has 1 saturated heterocycles. The number of aliphatic imine (C=N–C) groups is 1. The van der Waals surface area contributed by atoms with Gasteiger partial charge in [-0.2, -0.15) is 0 Å². The summed E-state index contributed by atoms with van der Waals surface area (Å²) in [6.07, 6.45) is 3.58. The second-order valence-electron chi connectivity index (χ2n) is 5.26. The molecule has 1 N–H and O–H groups in total. The molecule has 0 bridgehead atoms. The van der Waals surface area contributed by atoms with Crippen LogP contribution >= 0.6 is 0 Å². The number of rotatable bonds is 3. The van der Waals surface area contributed by atoms with E-state index in [0.29, 0.717) is 6.04 Å². The summed E-state index contributed by atoms with van der Waals surface area (Å²) in [7, 11) is 0. The lowest BCUT2D eigenvalue weighted by atomic mass is 10.1. The van der Waals surface area contributed by atoms with Crippen LogP contribution in [0.15, 0.2) is 29.3 Å². The van der Waals surface area contributed by atoms with E-state index in [4.69, 9.17) is 4.74 Å². The molecule has 1 fully saturated rings. The van der Waals surface area contributed by atoms with Crippen molar-refractivity contribution in [1.29, 1.82) is 0 Å². The van der Waals surface area contributed by atoms with Gasteiger partial charge in [0.25, 0.3) is 0 Å². The molecule has 18 heavy (non-hydrogen) atoms. The van der Waals surface area contributed by atoms with E-state index in [1.807, 2.05) is 0 Å². The van der Waals surface area contributed by atoms with E-state index in [0.717, 1.165) is 31.8 Å². The number of nitrogens with one attached hydrogen (secondary N) is 1. The van der Waals surface area contributed by atoms with Crippen LogP contribution in [-0.2, 0) is 11.2 Å². The summed E-state index contributed by atoms with van der Waals surface area (Å²) in [5.41, 5.74) is 2.65. The monoisotopic (exact) mass is 244 g/mol. The van der Waals surface area contributed by atoms with Crippen molar-refractivity contribution in [3.8, 4) is 0 Å². The second kappa shape index (κ2) is 5.11. The second-order valence-corrected chi connectivity index (χ2v) is 5.26. The number of hydrogen-bond acceptors (Lipinski definition) is 3. The number of hydrogen-bond donors (Lipinski definition) is 1. The molecular formula is C15H20N2O. The third-order valence-electron chi connectivity index (χ3n) is 3.64. The summed E-state index contributed by atoms with van der Waals surface area (Å²) in [5.74, 6) is 0.935. The highest BCUT2D eigenvalue weighted by Crippen LogP contribution is 2.17. The summed E-state index contributed by atoms with van der Waals surface area (Å²) in [6, 6.07) is 9.01. The molecule has 0 spiro atoms. The molecule has 0 saturated carbocycles. The zero-order valence-corrected chi connectivity index (χ0v) is 10.9. The summed E-state index contributed by atoms with van der Waals surface area (Å²) in [6.45, 7) is 4.03. The molecule has 2 unspecified atom stereocenters. The van der Waals surface area contributed by atoms with Crippen LogP contribution in [0, 0.1) is 6.92 Å². The molecule has 96 valence electrons. The van der Waals surface area contributed by atoms with E-state index >= 15 is 0 Å². The van der Waals surface area contributed by atoms with Gasteiger partial charge in [0.15, 0.2) is 0 Å². The first kappa shape index (κ1) is 11.7. The highest BCUT2D eigenvalue weighted by Gasteiger charge is 2.28. The Hall–Kier alpha value is -1.35. The van der Waals surface area contributed by atoms with Gasteiger partial charge in [-0.1, -0.05) is 29.8 Å². The highest BCUT2D eigenvalue weighted by atomic mass is 16.5. The number of nitrogens with zero attached hydrogens (tertiary/aromatic N) is 1. The van der Waals surface area contributed by atoms with Crippen molar-refractivity contribution in [1.82, 2.24) is 5.32 Å². The first-order valence-corrected chi connectivity index (χ1v) is 6.81. The molecule has 2 atom stereocenters. The fraction of sp³-hybridized carbons (Fsp3) is 0.533. The van der Waals surface area contributed by atoms with Gasteiger partial charge in [-0.25, -0.2) is 0 Å². The minimum absolute atomic E-state index is 0.226. The van der Waals surface area contributed by atoms with Gasteiger partial charge in [0.1, 0.15) is 6.10 Å². The van der Waals surface area contributed by atoms with Gasteiger partial charge in [-0.3, -0.25) is 4.99 Å². The van der Waals surface area contributed by atoms with Crippen LogP contribution in [-0.4, -0.2) is 31.1 Å². The quantitative estimate of drug-likeness (QED) is 0.883. The number of aryl methyl sites for hydroxylation is 1. The predicted octanol–water partition coefficient (Wildman–Crippen LogP) is 2.09. The minimum Gasteiger partial charge on any atom is -0.474 e. The molecule has 3 rings (SSSR count). The van der Waals surface area contributed by atoms with Gasteiger partial charge in [-0.05, 0) is 31.9 Å². The Morgan fingerprint density at radius 2 is 2.39 bits per heavy atom. The van der Waals surface area contributed by atoms with Crippen LogP contribution < -0.4 is 5.32 Å². The van der Waals surface area contributed by atoms with Gasteiger partial charge in [-0.15, -0.1) is 0 Å². The van der Waals surface area contributed by atoms with E-state index < -0.39 is 0 Å². The molecule has 0 radical (unpaired) electrons. The normalized spacial score (nSPS) is 27.1. The van der Waals surface area contributed by atoms with E-state index in [1.54, 1.807) is 0 Å². The topological polar surface area (TPSA) is 33.6 Å². The van der Waals surface area contributed by atoms with Gasteiger partial charge in [0, 0.05) is 6.42 Å². The van der Waals surface area contributed by atoms with Crippen LogP contribution in [0.25, 0.3) is 0 Å². The predicted molar refractivity (Wildman–Crippen MR) is 73.1 cm³/mol. The van der Waals surface area contributed by atoms with Crippen LogP contribution in [0.5, 0.6) is 0 Å². The largest absolute Gasteiger partial charge is 0.474 e. The summed E-state index contributed by atoms with van der Waals surface area (Å²) >= 11 is 0. The number of benzene rings is 1. The van der Waals surface area contributed by atoms with Gasteiger partial charge < -0.3 is 10.1 Å². The maximum Gasteiger partial charge on any atom is 0.201 e. The average Bonchev–Trinajstić information content (AvgIpc) is 2.98. The van der Waals surface area contributed by atoms with Crippen LogP contribution in [0.4, 0.5) is 0 Å². The Kier molecular flexibility index (Phi) is 3.33. The van der Waals surface area contributed by atoms with Crippen molar-refractivity contribution < 1.29 is 4.74 Å². The molecular weight excluding hydrogens is 224 g/mol. The lowest BCUT2D eigenvalue weighted by Gasteiger charge is -2.15. The number of ether oxygens (including phenoxy) is 1. The molecule has 0 amide bonds. The van der Waals surface area contributed by atoms with Crippen molar-refractivity contribution >= 4 is 5.90 Å². The third kappa shape index (κ3) is 2.56. The van der Waals surface area contributed by atoms with Crippen LogP contribution in [0.2, 0.25) is 0 Å². The SMILES string of the molecule is Cc1cccc(CC2CN=C(C3CCCN3)O2)c1. The molecule has 2 aliphatic rings. The molecule has 3 heteroatoms. The first-order valence-electron chi connectivity index (χ1n) is 6.81. The Morgan fingerprint density at radius 3 is 3.17 bits per heavy atom. The molecule has 1 aromatic carbocycles. The van der Waals surface area contributed by atoms with Gasteiger partial charge >= 0.3 is 0 Å². The lowest BCUT2D eigenvalue weighted by molar-refractivity contribution is 0.214. The summed E-state index contributed by atoms with van der Waals surface area (Å²) in [4.78, 5) is 4.55. The fourth-order valence-electron chi connectivity index (χ4n) is 2.73. The average molecular weight is 244 g/mol. The molecule has 2 aliphatic heterocycles. The van der Waals surface area contributed by atoms with Crippen LogP contribution in [0.1, 0.15) is 24.0 Å². The van der Waals surface area contributed by atoms with Gasteiger partial charge in [0.2, 0.25) is 5.90 Å². The maximum absolute atomic E-state index is 5.98. The first-order chi connectivity index (χ1) is 8.81. The van der Waals surface area contributed by atoms with Crippen molar-refractivity contribution in [2.75, 3.05) is 13.1 Å². The van der Waals surface area contributed by atoms with E-state index in [2.05, 4.69) is 41.5 Å². The van der Waals surface area contributed by atoms with Gasteiger partial charge in [0.05, 0.1) is 12.6 Å². The highest BCUT2D eigenvalue weighted by molar-refractivity contribution is 5.83. The molecule has 2 heterocycles. The summed E-state index contributed by atoms with van der Waals surface area (Å²) in [5, 5.41) is 3.44. The van der Waals surface area contributed by atoms with Crippen molar-refractivity contribution in [2.45, 2.75) is 38.3 Å². The zero-order chi connectivity index (χ0) is 12.4. The van der Waals surface area contributed by atoms with E-state index in [9.17, 15) is 0 Å². The Morgan fingerprint density at radius 1 is 1.44 bits per heavy atom. The molecule has 1 aromatic rings. The van der Waals surface area contributed by atoms with Crippen molar-refractivity contribution in [2.24, 2.45) is 4.99 Å². The Bertz CT molecular complexity index is 450. The summed E-state index contributed by atoms with van der Waals surface area (Å²) < 4.78 is 5.98. The molecule has 0 aromatic heterocycles. The smallest absolute Gasteiger partial charge is 0.201 e. The van der Waals surface area contributed by atoms with Crippen LogP contribution in [0.3, 0.4) is 0 Å². The van der Waals surface area contributed by atoms with Crippen molar-refractivity contribution in [3.63, 3.8) is 0 Å². The third-order valence-corrected chi connectivity index (χ3v) is 3.64. The zero-order valence-electron chi connectivity index (χ0n) is 10.9. The standard InChI is InChI=1S/C15H20N2O/c1-11-4-2-5-12(8-11)9-13-10-17-15(18-13)14-6-3-7-16-14/h2,4-5,8,13-14,16H,3,6-7,9-10H2,1H3. The Labute approximate surface area is 108 Å². The van der Waals surface area contributed by atoms with Crippen molar-refractivity contribution in [3.05, 3.63) is 35.4 Å². The van der Waals surface area contributed by atoms with E-state index in [1.165, 1.54) is 17.5 Å². The maximum atomic E-state index is 5.98. The molecule has 3 nitrogen and oxygen atoms in total. The van der Waals surface area contributed by atoms with E-state index in [-0.39, 0.29) is 6.10 Å². The lowest BCUT2D eigenvalue weighted by Crippen LogP contribution is -2.32. The molecule has 0 aliphatic carbocycles. The minimum atomic E-state index is 0.226.